The van der Waals surface area contributed by atoms with Crippen molar-refractivity contribution in [2.75, 3.05) is 33.2 Å². The molecule has 46 heavy (non-hydrogen) atoms. The van der Waals surface area contributed by atoms with Crippen LogP contribution in [0.5, 0.6) is 0 Å². The van der Waals surface area contributed by atoms with Crippen molar-refractivity contribution in [3.05, 3.63) is 82.3 Å². The van der Waals surface area contributed by atoms with Crippen LogP contribution in [0.2, 0.25) is 0 Å². The highest BCUT2D eigenvalue weighted by molar-refractivity contribution is 5.96. The van der Waals surface area contributed by atoms with E-state index >= 15 is 0 Å². The predicted octanol–water partition coefficient (Wildman–Crippen LogP) is 4.66. The summed E-state index contributed by atoms with van der Waals surface area (Å²) in [5, 5.41) is 31.7. The molecule has 9 nitrogen and oxygen atoms in total. The number of carboxylic acids is 1. The smallest absolute Gasteiger partial charge is 0.305 e. The number of halogens is 1. The van der Waals surface area contributed by atoms with Gasteiger partial charge in [0, 0.05) is 49.3 Å². The van der Waals surface area contributed by atoms with E-state index in [0.29, 0.717) is 12.0 Å². The fourth-order valence-corrected chi connectivity index (χ4v) is 6.27. The van der Waals surface area contributed by atoms with Crippen LogP contribution in [0.1, 0.15) is 71.8 Å². The lowest BCUT2D eigenvalue weighted by Crippen LogP contribution is -2.52. The number of likely N-dealkylation sites (N-methyl/N-ethyl adjacent to an activating group) is 1. The predicted molar refractivity (Wildman–Crippen MR) is 176 cm³/mol. The number of aliphatic hydroxyl groups is 2. The van der Waals surface area contributed by atoms with E-state index in [9.17, 15) is 24.2 Å². The molecule has 3 aromatic rings. The maximum absolute atomic E-state index is 14.1. The Balaban J connectivity index is 1.61. The van der Waals surface area contributed by atoms with Crippen LogP contribution in [0.25, 0.3) is 28.5 Å². The van der Waals surface area contributed by atoms with Crippen molar-refractivity contribution in [1.29, 1.82) is 0 Å². The lowest BCUT2D eigenvalue weighted by atomic mass is 9.86. The third-order valence-corrected chi connectivity index (χ3v) is 8.72. The van der Waals surface area contributed by atoms with Gasteiger partial charge < -0.3 is 20.2 Å². The lowest BCUT2D eigenvalue weighted by Gasteiger charge is -2.32. The molecule has 0 radical (unpaired) electrons. The van der Waals surface area contributed by atoms with Crippen molar-refractivity contribution >= 4 is 18.0 Å². The van der Waals surface area contributed by atoms with Crippen molar-refractivity contribution < 1.29 is 29.3 Å². The zero-order valence-electron chi connectivity index (χ0n) is 26.7. The van der Waals surface area contributed by atoms with Crippen LogP contribution in [-0.2, 0) is 17.6 Å². The van der Waals surface area contributed by atoms with Gasteiger partial charge in [-0.15, -0.1) is 0 Å². The Bertz CT molecular complexity index is 1600. The standard InChI is InChI=1S/C36H43FN4O5/c1-22(2)34-30(14-13-27(42)20-28(43)21-32(44)45)33(24-9-11-26(37)12-10-24)29-6-4-5-23-7-8-25(19-31(23)35(29)38-34)36(46)39-41-17-15-40(3)16-18-41/h7-14,19,22,27-28,42-43H,4-6,15-18,20-21H2,1-3H3,(H,39,46)(H,44,45)/b14-13+/t27-,28-/m1/s1. The Labute approximate surface area is 269 Å². The van der Waals surface area contributed by atoms with Crippen LogP contribution >= 0.6 is 0 Å². The molecule has 1 saturated heterocycles. The van der Waals surface area contributed by atoms with E-state index in [4.69, 9.17) is 10.1 Å². The minimum absolute atomic E-state index is 0.0330. The molecule has 0 unspecified atom stereocenters. The highest BCUT2D eigenvalue weighted by Crippen LogP contribution is 2.42. The highest BCUT2D eigenvalue weighted by Gasteiger charge is 2.27. The summed E-state index contributed by atoms with van der Waals surface area (Å²) in [5.74, 6) is -1.69. The summed E-state index contributed by atoms with van der Waals surface area (Å²) in [6.07, 6.45) is 2.82. The van der Waals surface area contributed by atoms with Crippen LogP contribution in [0.15, 0.2) is 48.5 Å². The molecule has 5 rings (SSSR count). The number of nitrogens with one attached hydrogen (secondary N) is 1. The van der Waals surface area contributed by atoms with Crippen molar-refractivity contribution in [2.45, 2.75) is 64.1 Å². The molecule has 1 aliphatic carbocycles. The van der Waals surface area contributed by atoms with Crippen molar-refractivity contribution in [2.24, 2.45) is 0 Å². The third kappa shape index (κ3) is 7.87. The van der Waals surface area contributed by atoms with E-state index in [-0.39, 0.29) is 24.1 Å². The summed E-state index contributed by atoms with van der Waals surface area (Å²) in [5.41, 5.74) is 10.6. The number of hydrogen-bond acceptors (Lipinski definition) is 7. The molecule has 1 aliphatic heterocycles. The molecule has 2 atom stereocenters. The number of hydrogen-bond donors (Lipinski definition) is 4. The fraction of sp³-hybridized carbons (Fsp3) is 0.417. The first-order chi connectivity index (χ1) is 22.0. The van der Waals surface area contributed by atoms with Crippen molar-refractivity contribution in [3.8, 4) is 22.4 Å². The van der Waals surface area contributed by atoms with Crippen molar-refractivity contribution in [3.63, 3.8) is 0 Å². The van der Waals surface area contributed by atoms with E-state index in [1.807, 2.05) is 37.1 Å². The number of hydrazine groups is 1. The quantitative estimate of drug-likeness (QED) is 0.255. The Morgan fingerprint density at radius 2 is 1.76 bits per heavy atom. The molecule has 2 aliphatic rings. The van der Waals surface area contributed by atoms with Gasteiger partial charge in [-0.05, 0) is 78.7 Å². The summed E-state index contributed by atoms with van der Waals surface area (Å²) >= 11 is 0. The number of benzene rings is 2. The number of aromatic nitrogens is 1. The summed E-state index contributed by atoms with van der Waals surface area (Å²) in [6, 6.07) is 12.2. The molecule has 0 spiro atoms. The molecule has 1 fully saturated rings. The number of rotatable bonds is 10. The second-order valence-electron chi connectivity index (χ2n) is 12.6. The van der Waals surface area contributed by atoms with Gasteiger partial charge in [0.25, 0.3) is 5.91 Å². The molecule has 2 aromatic carbocycles. The number of pyridine rings is 1. The molecule has 2 heterocycles. The van der Waals surface area contributed by atoms with Gasteiger partial charge >= 0.3 is 5.97 Å². The number of aliphatic hydroxyl groups excluding tert-OH is 2. The van der Waals surface area contributed by atoms with E-state index in [1.54, 1.807) is 24.3 Å². The van der Waals surface area contributed by atoms with E-state index in [2.05, 4.69) is 17.4 Å². The van der Waals surface area contributed by atoms with Gasteiger partial charge in [-0.25, -0.2) is 9.40 Å². The zero-order chi connectivity index (χ0) is 33.0. The van der Waals surface area contributed by atoms with Gasteiger partial charge in [-0.1, -0.05) is 44.2 Å². The lowest BCUT2D eigenvalue weighted by molar-refractivity contribution is -0.139. The number of fused-ring (bicyclic) bond motifs is 3. The first kappa shape index (κ1) is 33.4. The van der Waals surface area contributed by atoms with Gasteiger partial charge in [-0.3, -0.25) is 20.0 Å². The fourth-order valence-electron chi connectivity index (χ4n) is 6.27. The number of amides is 1. The van der Waals surface area contributed by atoms with Crippen LogP contribution in [0.3, 0.4) is 0 Å². The van der Waals surface area contributed by atoms with Crippen LogP contribution in [0.4, 0.5) is 4.39 Å². The molecule has 0 saturated carbocycles. The SMILES string of the molecule is CC(C)c1nc2c(c(-c3ccc(F)cc3)c1/C=C/[C@@H](O)C[C@@H](O)CC(=O)O)CCCc1ccc(C(=O)NN3CCN(C)CC3)cc1-2. The number of aliphatic carboxylic acids is 1. The Hall–Kier alpha value is -3.96. The van der Waals surface area contributed by atoms with Gasteiger partial charge in [0.1, 0.15) is 5.82 Å². The van der Waals surface area contributed by atoms with Crippen LogP contribution < -0.4 is 5.43 Å². The normalized spacial score (nSPS) is 16.9. The molecular weight excluding hydrogens is 587 g/mol. The Kier molecular flexibility index (Phi) is 10.6. The van der Waals surface area contributed by atoms with E-state index in [0.717, 1.165) is 83.8 Å². The maximum atomic E-state index is 14.1. The summed E-state index contributed by atoms with van der Waals surface area (Å²) in [7, 11) is 2.07. The first-order valence-corrected chi connectivity index (χ1v) is 16.0. The van der Waals surface area contributed by atoms with Gasteiger partial charge in [0.2, 0.25) is 0 Å². The van der Waals surface area contributed by atoms with Crippen LogP contribution in [0, 0.1) is 5.82 Å². The number of carbonyl (C=O) groups excluding carboxylic acids is 1. The zero-order valence-corrected chi connectivity index (χ0v) is 26.7. The molecular formula is C36H43FN4O5. The Morgan fingerprint density at radius 3 is 2.43 bits per heavy atom. The largest absolute Gasteiger partial charge is 0.481 e. The average Bonchev–Trinajstić information content (AvgIpc) is 3.19. The summed E-state index contributed by atoms with van der Waals surface area (Å²) < 4.78 is 14.1. The maximum Gasteiger partial charge on any atom is 0.305 e. The monoisotopic (exact) mass is 630 g/mol. The van der Waals surface area contributed by atoms with Gasteiger partial charge in [0.05, 0.1) is 30.0 Å². The van der Waals surface area contributed by atoms with Gasteiger partial charge in [0.15, 0.2) is 0 Å². The third-order valence-electron chi connectivity index (χ3n) is 8.72. The molecule has 0 bridgehead atoms. The molecule has 4 N–H and O–H groups in total. The van der Waals surface area contributed by atoms with Crippen molar-refractivity contribution in [1.82, 2.24) is 20.3 Å². The number of carboxylic acid groups (broad SMARTS) is 1. The number of nitrogens with zero attached hydrogens (tertiary/aromatic N) is 3. The number of piperazine rings is 1. The number of aryl methyl sites for hydroxylation is 1. The number of carbonyl (C=O) groups is 2. The van der Waals surface area contributed by atoms with E-state index < -0.39 is 24.6 Å². The second kappa shape index (κ2) is 14.6. The van der Waals surface area contributed by atoms with Gasteiger partial charge in [-0.2, -0.15) is 0 Å². The molecule has 244 valence electrons. The van der Waals surface area contributed by atoms with E-state index in [1.165, 1.54) is 12.1 Å². The summed E-state index contributed by atoms with van der Waals surface area (Å²) in [4.78, 5) is 31.9. The highest BCUT2D eigenvalue weighted by atomic mass is 19.1. The second-order valence-corrected chi connectivity index (χ2v) is 12.6. The first-order valence-electron chi connectivity index (χ1n) is 16.0. The topological polar surface area (TPSA) is 126 Å². The van der Waals surface area contributed by atoms with Crippen LogP contribution in [-0.4, -0.2) is 87.5 Å². The Morgan fingerprint density at radius 1 is 1.04 bits per heavy atom. The molecule has 1 aromatic heterocycles. The average molecular weight is 631 g/mol. The summed E-state index contributed by atoms with van der Waals surface area (Å²) in [6.45, 7) is 7.32. The minimum atomic E-state index is -1.19. The molecule has 1 amide bonds. The minimum Gasteiger partial charge on any atom is -0.481 e. The molecule has 10 heteroatoms.